The molecule has 0 bridgehead atoms. The summed E-state index contributed by atoms with van der Waals surface area (Å²) >= 11 is 0. The normalized spacial score (nSPS) is 10.9. The van der Waals surface area contributed by atoms with Gasteiger partial charge in [0.1, 0.15) is 17.8 Å². The van der Waals surface area contributed by atoms with Crippen molar-refractivity contribution in [1.82, 2.24) is 0 Å². The van der Waals surface area contributed by atoms with E-state index in [1.165, 1.54) is 0 Å². The highest BCUT2D eigenvalue weighted by atomic mass is 16.7. The van der Waals surface area contributed by atoms with Crippen LogP contribution >= 0.6 is 0 Å². The molecule has 0 aliphatic rings. The minimum Gasteiger partial charge on any atom is -0.467 e. The molecule has 0 aliphatic heterocycles. The highest BCUT2D eigenvalue weighted by Gasteiger charge is 2.03. The molecule has 0 heterocycles. The van der Waals surface area contributed by atoms with Crippen LogP contribution in [0.2, 0.25) is 0 Å². The molecule has 0 atom stereocenters. The van der Waals surface area contributed by atoms with Crippen LogP contribution in [-0.4, -0.2) is 33.1 Å². The van der Waals surface area contributed by atoms with Crippen molar-refractivity contribution >= 4 is 18.4 Å². The van der Waals surface area contributed by atoms with Crippen LogP contribution in [0, 0.1) is 0 Å². The van der Waals surface area contributed by atoms with Crippen molar-refractivity contribution in [3.8, 4) is 11.5 Å². The lowest BCUT2D eigenvalue weighted by Gasteiger charge is -2.11. The van der Waals surface area contributed by atoms with E-state index in [-0.39, 0.29) is 13.6 Å². The van der Waals surface area contributed by atoms with E-state index >= 15 is 0 Å². The standard InChI is InChI=1S/C22H26O5/c1-3-24-16-26-21-13-20(14-22(15-21)27-17-25-4-2)9-8-18-6-5-7-19(12-18)10-11-23/h5-9,11-15H,3-4,10,16-17H2,1-2H3. The van der Waals surface area contributed by atoms with Gasteiger partial charge in [0.05, 0.1) is 0 Å². The average molecular weight is 370 g/mol. The number of rotatable bonds is 12. The van der Waals surface area contributed by atoms with Crippen LogP contribution in [0.3, 0.4) is 0 Å². The Hall–Kier alpha value is -2.63. The van der Waals surface area contributed by atoms with Crippen LogP contribution in [0.25, 0.3) is 12.2 Å². The van der Waals surface area contributed by atoms with E-state index in [1.807, 2.05) is 62.4 Å². The maximum absolute atomic E-state index is 10.7. The number of carbonyl (C=O) groups excluding carboxylic acids is 1. The summed E-state index contributed by atoms with van der Waals surface area (Å²) in [6, 6.07) is 13.5. The Kier molecular flexibility index (Phi) is 9.10. The molecule has 27 heavy (non-hydrogen) atoms. The van der Waals surface area contributed by atoms with Gasteiger partial charge in [-0.1, -0.05) is 36.4 Å². The highest BCUT2D eigenvalue weighted by molar-refractivity contribution is 5.71. The molecular weight excluding hydrogens is 344 g/mol. The molecule has 2 rings (SSSR count). The van der Waals surface area contributed by atoms with Crippen LogP contribution in [0.5, 0.6) is 11.5 Å². The maximum Gasteiger partial charge on any atom is 0.189 e. The molecule has 0 unspecified atom stereocenters. The van der Waals surface area contributed by atoms with E-state index in [4.69, 9.17) is 18.9 Å². The van der Waals surface area contributed by atoms with Gasteiger partial charge in [0, 0.05) is 25.7 Å². The molecule has 0 fully saturated rings. The molecule has 0 saturated heterocycles. The third-order valence-electron chi connectivity index (χ3n) is 3.67. The first-order valence-corrected chi connectivity index (χ1v) is 9.02. The second-order valence-electron chi connectivity index (χ2n) is 5.70. The van der Waals surface area contributed by atoms with Gasteiger partial charge in [-0.05, 0) is 42.7 Å². The topological polar surface area (TPSA) is 54.0 Å². The van der Waals surface area contributed by atoms with Crippen molar-refractivity contribution in [3.63, 3.8) is 0 Å². The molecule has 0 N–H and O–H groups in total. The zero-order valence-corrected chi connectivity index (χ0v) is 15.9. The third kappa shape index (κ3) is 7.64. The highest BCUT2D eigenvalue weighted by Crippen LogP contribution is 2.25. The second kappa shape index (κ2) is 11.9. The summed E-state index contributed by atoms with van der Waals surface area (Å²) in [5, 5.41) is 0. The molecule has 5 nitrogen and oxygen atoms in total. The van der Waals surface area contributed by atoms with Crippen molar-refractivity contribution in [2.24, 2.45) is 0 Å². The average Bonchev–Trinajstić information content (AvgIpc) is 2.67. The molecule has 0 radical (unpaired) electrons. The largest absolute Gasteiger partial charge is 0.467 e. The Bertz CT molecular complexity index is 711. The molecular formula is C22H26O5. The lowest BCUT2D eigenvalue weighted by Crippen LogP contribution is -2.04. The quantitative estimate of drug-likeness (QED) is 0.241. The lowest BCUT2D eigenvalue weighted by molar-refractivity contribution is -0.107. The van der Waals surface area contributed by atoms with Crippen molar-refractivity contribution in [2.45, 2.75) is 20.3 Å². The van der Waals surface area contributed by atoms with Gasteiger partial charge in [-0.3, -0.25) is 0 Å². The van der Waals surface area contributed by atoms with Crippen molar-refractivity contribution in [1.29, 1.82) is 0 Å². The summed E-state index contributed by atoms with van der Waals surface area (Å²) in [5.74, 6) is 1.32. The van der Waals surface area contributed by atoms with Crippen LogP contribution in [0.15, 0.2) is 42.5 Å². The number of aldehydes is 1. The van der Waals surface area contributed by atoms with Gasteiger partial charge in [-0.15, -0.1) is 0 Å². The van der Waals surface area contributed by atoms with Crippen molar-refractivity contribution in [3.05, 3.63) is 59.2 Å². The van der Waals surface area contributed by atoms with E-state index in [0.717, 1.165) is 23.0 Å². The fourth-order valence-corrected chi connectivity index (χ4v) is 2.36. The summed E-state index contributed by atoms with van der Waals surface area (Å²) in [5.41, 5.74) is 2.93. The number of carbonyl (C=O) groups is 1. The van der Waals surface area contributed by atoms with E-state index < -0.39 is 0 Å². The molecule has 0 amide bonds. The second-order valence-corrected chi connectivity index (χ2v) is 5.70. The fourth-order valence-electron chi connectivity index (χ4n) is 2.36. The van der Waals surface area contributed by atoms with Gasteiger partial charge in [-0.2, -0.15) is 0 Å². The Morgan fingerprint density at radius 2 is 1.44 bits per heavy atom. The predicted molar refractivity (Wildman–Crippen MR) is 106 cm³/mol. The minimum absolute atomic E-state index is 0.183. The summed E-state index contributed by atoms with van der Waals surface area (Å²) < 4.78 is 21.7. The van der Waals surface area contributed by atoms with Crippen LogP contribution in [0.4, 0.5) is 0 Å². The van der Waals surface area contributed by atoms with Crippen molar-refractivity contribution in [2.75, 3.05) is 26.8 Å². The summed E-state index contributed by atoms with van der Waals surface area (Å²) in [4.78, 5) is 10.7. The van der Waals surface area contributed by atoms with Gasteiger partial charge in [0.2, 0.25) is 0 Å². The third-order valence-corrected chi connectivity index (χ3v) is 3.67. The number of ether oxygens (including phenoxy) is 4. The zero-order valence-electron chi connectivity index (χ0n) is 15.9. The SMILES string of the molecule is CCOCOc1cc(C=Cc2cccc(CC=O)c2)cc(OCOCC)c1. The van der Waals surface area contributed by atoms with E-state index in [1.54, 1.807) is 6.07 Å². The Morgan fingerprint density at radius 3 is 2.04 bits per heavy atom. The molecule has 0 aliphatic carbocycles. The Labute approximate surface area is 160 Å². The molecule has 2 aromatic carbocycles. The van der Waals surface area contributed by atoms with Gasteiger partial charge < -0.3 is 23.7 Å². The number of hydrogen-bond acceptors (Lipinski definition) is 5. The minimum atomic E-state index is 0.183. The first kappa shape index (κ1) is 20.7. The van der Waals surface area contributed by atoms with Gasteiger partial charge >= 0.3 is 0 Å². The first-order chi connectivity index (χ1) is 13.2. The van der Waals surface area contributed by atoms with Gasteiger partial charge in [0.25, 0.3) is 0 Å². The smallest absolute Gasteiger partial charge is 0.189 e. The van der Waals surface area contributed by atoms with Crippen LogP contribution in [0.1, 0.15) is 30.5 Å². The Balaban J connectivity index is 2.16. The predicted octanol–water partition coefficient (Wildman–Crippen LogP) is 4.34. The van der Waals surface area contributed by atoms with E-state index in [2.05, 4.69) is 0 Å². The molecule has 0 spiro atoms. The molecule has 0 saturated carbocycles. The van der Waals surface area contributed by atoms with Gasteiger partial charge in [-0.25, -0.2) is 0 Å². The maximum atomic E-state index is 10.7. The van der Waals surface area contributed by atoms with Crippen LogP contribution in [-0.2, 0) is 20.7 Å². The van der Waals surface area contributed by atoms with Crippen molar-refractivity contribution < 1.29 is 23.7 Å². The summed E-state index contributed by atoms with van der Waals surface area (Å²) in [6.45, 7) is 5.37. The molecule has 5 heteroatoms. The lowest BCUT2D eigenvalue weighted by atomic mass is 10.1. The van der Waals surface area contributed by atoms with Crippen LogP contribution < -0.4 is 9.47 Å². The number of hydrogen-bond donors (Lipinski definition) is 0. The van der Waals surface area contributed by atoms with E-state index in [9.17, 15) is 4.79 Å². The zero-order chi connectivity index (χ0) is 19.3. The first-order valence-electron chi connectivity index (χ1n) is 9.02. The molecule has 144 valence electrons. The molecule has 0 aromatic heterocycles. The fraction of sp³-hybridized carbons (Fsp3) is 0.318. The molecule has 2 aromatic rings. The monoisotopic (exact) mass is 370 g/mol. The summed E-state index contributed by atoms with van der Waals surface area (Å²) in [6.07, 6.45) is 5.28. The Morgan fingerprint density at radius 1 is 0.815 bits per heavy atom. The van der Waals surface area contributed by atoms with Gasteiger partial charge in [0.15, 0.2) is 13.6 Å². The summed E-state index contributed by atoms with van der Waals surface area (Å²) in [7, 11) is 0. The van der Waals surface area contributed by atoms with E-state index in [0.29, 0.717) is 31.1 Å². The number of benzene rings is 2.